The van der Waals surface area contributed by atoms with E-state index >= 15 is 4.39 Å². The van der Waals surface area contributed by atoms with Crippen LogP contribution in [0.2, 0.25) is 0 Å². The zero-order valence-corrected chi connectivity index (χ0v) is 21.5. The van der Waals surface area contributed by atoms with Crippen LogP contribution in [0, 0.1) is 0 Å². The van der Waals surface area contributed by atoms with Crippen molar-refractivity contribution in [1.82, 2.24) is 15.0 Å². The van der Waals surface area contributed by atoms with Crippen LogP contribution in [0.3, 0.4) is 0 Å². The molecule has 0 bridgehead atoms. The van der Waals surface area contributed by atoms with E-state index < -0.39 is 39.0 Å². The molecule has 0 saturated carbocycles. The lowest BCUT2D eigenvalue weighted by Crippen LogP contribution is -2.33. The molecule has 1 aromatic carbocycles. The Morgan fingerprint density at radius 1 is 1.25 bits per heavy atom. The third-order valence-electron chi connectivity index (χ3n) is 5.48. The number of carboxylic acid groups (broad SMARTS) is 1. The van der Waals surface area contributed by atoms with Crippen molar-refractivity contribution in [1.29, 1.82) is 0 Å². The van der Waals surface area contributed by atoms with E-state index in [4.69, 9.17) is 9.84 Å². The number of nitrogens with zero attached hydrogens (tertiary/aromatic N) is 3. The van der Waals surface area contributed by atoms with Gasteiger partial charge >= 0.3 is 5.97 Å². The third-order valence-corrected chi connectivity index (χ3v) is 6.07. The van der Waals surface area contributed by atoms with Crippen LogP contribution < -0.4 is 14.8 Å². The van der Waals surface area contributed by atoms with E-state index in [1.165, 1.54) is 32.3 Å². The van der Waals surface area contributed by atoms with Gasteiger partial charge in [0.15, 0.2) is 17.1 Å². The molecule has 3 rings (SSSR count). The molecule has 1 aliphatic rings. The number of ether oxygens (including phenoxy) is 1. The first kappa shape index (κ1) is 26.9. The number of alkyl halides is 1. The second-order valence-corrected chi connectivity index (χ2v) is 11.4. The lowest BCUT2D eigenvalue weighted by Gasteiger charge is -2.29. The number of benzene rings is 1. The summed E-state index contributed by atoms with van der Waals surface area (Å²) in [6.07, 6.45) is 5.87. The number of methoxy groups -OCH3 is 1. The normalized spacial score (nSPS) is 20.0. The number of aromatic nitrogens is 3. The first-order valence-electron chi connectivity index (χ1n) is 10.8. The summed E-state index contributed by atoms with van der Waals surface area (Å²) in [6.45, 7) is 7.04. The third kappa shape index (κ3) is 5.90. The molecule has 2 atom stereocenters. The molecule has 0 fully saturated rings. The largest absolute Gasteiger partial charge is 0.492 e. The molecule has 2 unspecified atom stereocenters. The molecule has 1 aliphatic carbocycles. The average Bonchev–Trinajstić information content (AvgIpc) is 3.21. The van der Waals surface area contributed by atoms with Gasteiger partial charge in [-0.2, -0.15) is 0 Å². The Balaban J connectivity index is 2.02. The second kappa shape index (κ2) is 9.37. The number of carbonyl (C=O) groups is 2. The summed E-state index contributed by atoms with van der Waals surface area (Å²) in [4.78, 5) is 24.4. The molecule has 194 valence electrons. The summed E-state index contributed by atoms with van der Waals surface area (Å²) >= 11 is 0. The summed E-state index contributed by atoms with van der Waals surface area (Å²) in [5, 5.41) is 19.0. The Bertz CT molecular complexity index is 1370. The van der Waals surface area contributed by atoms with E-state index in [-0.39, 0.29) is 28.4 Å². The number of carbonyl (C=O) groups excluding carboxylic acids is 1. The van der Waals surface area contributed by atoms with Crippen molar-refractivity contribution in [3.63, 3.8) is 0 Å². The predicted octanol–water partition coefficient (Wildman–Crippen LogP) is 3.06. The Morgan fingerprint density at radius 2 is 1.89 bits per heavy atom. The van der Waals surface area contributed by atoms with Crippen molar-refractivity contribution in [2.45, 2.75) is 44.8 Å². The molecule has 0 radical (unpaired) electrons. The molecule has 0 spiro atoms. The fourth-order valence-corrected chi connectivity index (χ4v) is 4.13. The van der Waals surface area contributed by atoms with Crippen molar-refractivity contribution in [3.05, 3.63) is 53.4 Å². The number of aromatic carboxylic acids is 1. The quantitative estimate of drug-likeness (QED) is 0.503. The van der Waals surface area contributed by atoms with Crippen molar-refractivity contribution in [2.75, 3.05) is 23.4 Å². The number of sulfonamides is 1. The first-order valence-corrected chi connectivity index (χ1v) is 12.7. The monoisotopic (exact) mass is 521 g/mol. The molecule has 3 N–H and O–H groups in total. The molecular weight excluding hydrogens is 493 g/mol. The van der Waals surface area contributed by atoms with Crippen LogP contribution in [0.1, 0.15) is 49.8 Å². The van der Waals surface area contributed by atoms with Gasteiger partial charge in [-0.1, -0.05) is 32.1 Å². The van der Waals surface area contributed by atoms with Gasteiger partial charge in [0.25, 0.3) is 5.91 Å². The van der Waals surface area contributed by atoms with E-state index in [1.807, 2.05) is 20.8 Å². The van der Waals surface area contributed by atoms with Crippen molar-refractivity contribution < 1.29 is 32.2 Å². The van der Waals surface area contributed by atoms with E-state index in [9.17, 15) is 18.0 Å². The average molecular weight is 522 g/mol. The Kier molecular flexibility index (Phi) is 6.99. The van der Waals surface area contributed by atoms with Crippen LogP contribution in [-0.2, 0) is 20.2 Å². The number of carboxylic acids is 1. The highest BCUT2D eigenvalue weighted by Gasteiger charge is 2.37. The van der Waals surface area contributed by atoms with Gasteiger partial charge in [0.05, 0.1) is 30.9 Å². The smallest absolute Gasteiger partial charge is 0.358 e. The lowest BCUT2D eigenvalue weighted by atomic mass is 9.86. The highest BCUT2D eigenvalue weighted by molar-refractivity contribution is 7.92. The molecule has 1 amide bonds. The minimum atomic E-state index is -3.66. The summed E-state index contributed by atoms with van der Waals surface area (Å²) in [5.41, 5.74) is -1.61. The van der Waals surface area contributed by atoms with Crippen LogP contribution in [0.5, 0.6) is 5.75 Å². The lowest BCUT2D eigenvalue weighted by molar-refractivity contribution is -0.112. The highest BCUT2D eigenvalue weighted by Crippen LogP contribution is 2.40. The second-order valence-electron chi connectivity index (χ2n) is 9.62. The Labute approximate surface area is 208 Å². The topological polar surface area (TPSA) is 153 Å². The van der Waals surface area contributed by atoms with Crippen LogP contribution in [0.25, 0.3) is 0 Å². The number of halogens is 1. The van der Waals surface area contributed by atoms with Crippen molar-refractivity contribution >= 4 is 33.3 Å². The van der Waals surface area contributed by atoms with Crippen LogP contribution in [-0.4, -0.2) is 59.4 Å². The number of rotatable bonds is 7. The minimum Gasteiger partial charge on any atom is -0.492 e. The number of allylic oxidation sites excluding steroid dienone is 2. The van der Waals surface area contributed by atoms with Gasteiger partial charge in [-0.05, 0) is 42.2 Å². The fraction of sp³-hybridized carbons (Fsp3) is 0.391. The van der Waals surface area contributed by atoms with Crippen molar-refractivity contribution in [2.24, 2.45) is 0 Å². The van der Waals surface area contributed by atoms with Gasteiger partial charge in [-0.25, -0.2) is 22.3 Å². The minimum absolute atomic E-state index is 0.0725. The maximum atomic E-state index is 15.2. The number of amides is 1. The molecule has 2 aromatic rings. The zero-order chi connectivity index (χ0) is 27.1. The van der Waals surface area contributed by atoms with Crippen LogP contribution in [0.4, 0.5) is 15.8 Å². The molecule has 13 heteroatoms. The standard InChI is InChI=1S/C23H28FN5O6S/c1-22(2,3)14-10-15(19(35-5)16(11-14)27-36(6,33)34)25-20(30)13-7-8-23(4,24)18(9-13)29-12-17(21(31)32)26-28-29/h7-12,18,27H,1-6H3,(H,25,30)(H,31,32). The van der Waals surface area contributed by atoms with Gasteiger partial charge in [0.2, 0.25) is 10.0 Å². The van der Waals surface area contributed by atoms with E-state index in [1.54, 1.807) is 12.1 Å². The predicted molar refractivity (Wildman–Crippen MR) is 132 cm³/mol. The summed E-state index contributed by atoms with van der Waals surface area (Å²) in [7, 11) is -2.32. The highest BCUT2D eigenvalue weighted by atomic mass is 32.2. The zero-order valence-electron chi connectivity index (χ0n) is 20.7. The van der Waals surface area contributed by atoms with Gasteiger partial charge in [-0.3, -0.25) is 9.52 Å². The Morgan fingerprint density at radius 3 is 2.42 bits per heavy atom. The molecule has 0 aliphatic heterocycles. The number of hydrogen-bond donors (Lipinski definition) is 3. The van der Waals surface area contributed by atoms with E-state index in [2.05, 4.69) is 20.4 Å². The van der Waals surface area contributed by atoms with Gasteiger partial charge in [0.1, 0.15) is 6.04 Å². The number of nitrogens with one attached hydrogen (secondary N) is 2. The molecule has 1 heterocycles. The molecule has 1 aromatic heterocycles. The Hall–Kier alpha value is -3.74. The van der Waals surface area contributed by atoms with Crippen LogP contribution in [0.15, 0.2) is 42.1 Å². The van der Waals surface area contributed by atoms with Gasteiger partial charge in [0, 0.05) is 5.57 Å². The SMILES string of the molecule is COc1c(NC(=O)C2=CC(n3cc(C(=O)O)nn3)C(C)(F)C=C2)cc(C(C)(C)C)cc1NS(C)(=O)=O. The van der Waals surface area contributed by atoms with Gasteiger partial charge < -0.3 is 15.2 Å². The fourth-order valence-electron chi connectivity index (χ4n) is 3.58. The molecule has 36 heavy (non-hydrogen) atoms. The van der Waals surface area contributed by atoms with Gasteiger partial charge in [-0.15, -0.1) is 5.10 Å². The number of anilines is 2. The maximum Gasteiger partial charge on any atom is 0.358 e. The molecule has 11 nitrogen and oxygen atoms in total. The first-order chi connectivity index (χ1) is 16.5. The molecule has 0 saturated heterocycles. The summed E-state index contributed by atoms with van der Waals surface area (Å²) < 4.78 is 47.9. The summed E-state index contributed by atoms with van der Waals surface area (Å²) in [6, 6.07) is 2.16. The van der Waals surface area contributed by atoms with Crippen molar-refractivity contribution in [3.8, 4) is 5.75 Å². The van der Waals surface area contributed by atoms with E-state index in [0.717, 1.165) is 22.7 Å². The maximum absolute atomic E-state index is 15.2. The number of hydrogen-bond acceptors (Lipinski definition) is 7. The molecular formula is C23H28FN5O6S. The summed E-state index contributed by atoms with van der Waals surface area (Å²) in [5.74, 6) is -1.85. The van der Waals surface area contributed by atoms with E-state index in [0.29, 0.717) is 0 Å². The van der Waals surface area contributed by atoms with Crippen LogP contribution >= 0.6 is 0 Å².